The highest BCUT2D eigenvalue weighted by molar-refractivity contribution is 7.01. The Balaban J connectivity index is 1.34. The van der Waals surface area contributed by atoms with Crippen LogP contribution in [0.15, 0.2) is 71.1 Å². The van der Waals surface area contributed by atoms with Crippen molar-refractivity contribution in [3.05, 3.63) is 100 Å². The van der Waals surface area contributed by atoms with E-state index in [1.807, 2.05) is 0 Å². The van der Waals surface area contributed by atoms with E-state index in [2.05, 4.69) is 146 Å². The molecule has 4 aliphatic rings. The first kappa shape index (κ1) is 33.1. The van der Waals surface area contributed by atoms with E-state index in [4.69, 9.17) is 23.4 Å². The number of rotatable bonds is 2. The van der Waals surface area contributed by atoms with Crippen LogP contribution in [-0.4, -0.2) is 20.3 Å². The maximum atomic E-state index is 7.09. The summed E-state index contributed by atoms with van der Waals surface area (Å²) >= 11 is 0. The van der Waals surface area contributed by atoms with E-state index in [1.54, 1.807) is 0 Å². The van der Waals surface area contributed by atoms with Crippen LogP contribution in [0.1, 0.15) is 74.9 Å². The molecule has 4 aliphatic heterocycles. The third-order valence-corrected chi connectivity index (χ3v) is 11.8. The summed E-state index contributed by atoms with van der Waals surface area (Å²) in [5.74, 6) is 3.89. The Bertz CT molecular complexity index is 2590. The molecule has 7 nitrogen and oxygen atoms in total. The van der Waals surface area contributed by atoms with Crippen molar-refractivity contribution < 1.29 is 23.4 Å². The summed E-state index contributed by atoms with van der Waals surface area (Å²) < 4.78 is 31.3. The number of aryl methyl sites for hydroxylation is 3. The fraction of sp³-hybridized carbons (Fsp3) is 0.304. The Labute approximate surface area is 317 Å². The fourth-order valence-electron chi connectivity index (χ4n) is 9.21. The van der Waals surface area contributed by atoms with Gasteiger partial charge in [-0.2, -0.15) is 0 Å². The molecule has 1 aromatic heterocycles. The van der Waals surface area contributed by atoms with Gasteiger partial charge in [0.2, 0.25) is 19.5 Å². The molecular formula is C46H45BN2O5. The van der Waals surface area contributed by atoms with Gasteiger partial charge in [-0.25, -0.2) is 0 Å². The average Bonchev–Trinajstić information content (AvgIpc) is 3.86. The number of ether oxygens (including phenoxy) is 4. The molecule has 272 valence electrons. The minimum absolute atomic E-state index is 0.0162. The minimum atomic E-state index is -0.149. The third kappa shape index (κ3) is 4.55. The Kier molecular flexibility index (Phi) is 6.76. The fourth-order valence-corrected chi connectivity index (χ4v) is 9.21. The predicted molar refractivity (Wildman–Crippen MR) is 219 cm³/mol. The molecule has 0 aliphatic carbocycles. The van der Waals surface area contributed by atoms with Gasteiger partial charge in [0.15, 0.2) is 23.0 Å². The zero-order chi connectivity index (χ0) is 37.6. The van der Waals surface area contributed by atoms with Crippen molar-refractivity contribution >= 4 is 68.4 Å². The summed E-state index contributed by atoms with van der Waals surface area (Å²) in [7, 11) is 0. The molecule has 0 saturated heterocycles. The second-order valence-corrected chi connectivity index (χ2v) is 17.5. The number of benzene rings is 5. The Morgan fingerprint density at radius 1 is 0.574 bits per heavy atom. The number of hydrogen-bond donors (Lipinski definition) is 0. The zero-order valence-electron chi connectivity index (χ0n) is 32.8. The second kappa shape index (κ2) is 11.0. The van der Waals surface area contributed by atoms with Gasteiger partial charge >= 0.3 is 0 Å². The van der Waals surface area contributed by atoms with Crippen molar-refractivity contribution in [1.29, 1.82) is 0 Å². The summed E-state index contributed by atoms with van der Waals surface area (Å²) in [6.45, 7) is 22.7. The Morgan fingerprint density at radius 3 is 1.91 bits per heavy atom. The molecule has 0 atom stereocenters. The maximum absolute atomic E-state index is 7.09. The van der Waals surface area contributed by atoms with E-state index in [0.717, 1.165) is 84.7 Å². The van der Waals surface area contributed by atoms with Crippen LogP contribution in [-0.2, 0) is 10.8 Å². The highest BCUT2D eigenvalue weighted by Gasteiger charge is 2.48. The lowest BCUT2D eigenvalue weighted by molar-refractivity contribution is 0.173. The molecule has 54 heavy (non-hydrogen) atoms. The first-order chi connectivity index (χ1) is 25.7. The van der Waals surface area contributed by atoms with E-state index < -0.39 is 0 Å². The number of furan rings is 1. The monoisotopic (exact) mass is 716 g/mol. The SMILES string of the molecule is Cc1cc(C(C)(C)C)cc(C)c1N1c2cc3c(cc2B2c4c1cccc4N(c1c(C)cc4c(c1C)OCO4)c1oc4ccc(C(C)(C)C)cc4c12)OCO3. The van der Waals surface area contributed by atoms with Gasteiger partial charge < -0.3 is 28.3 Å². The van der Waals surface area contributed by atoms with Crippen LogP contribution in [0.25, 0.3) is 11.0 Å². The molecule has 5 heterocycles. The van der Waals surface area contributed by atoms with E-state index in [-0.39, 0.29) is 31.1 Å². The second-order valence-electron chi connectivity index (χ2n) is 17.5. The predicted octanol–water partition coefficient (Wildman–Crippen LogP) is 9.80. The first-order valence-electron chi connectivity index (χ1n) is 19.0. The largest absolute Gasteiger partial charge is 0.454 e. The Morgan fingerprint density at radius 2 is 1.20 bits per heavy atom. The lowest BCUT2D eigenvalue weighted by Gasteiger charge is -2.43. The highest BCUT2D eigenvalue weighted by atomic mass is 16.7. The topological polar surface area (TPSA) is 56.5 Å². The van der Waals surface area contributed by atoms with E-state index in [9.17, 15) is 0 Å². The summed E-state index contributed by atoms with van der Waals surface area (Å²) in [5, 5.41) is 1.11. The lowest BCUT2D eigenvalue weighted by atomic mass is 9.33. The van der Waals surface area contributed by atoms with E-state index >= 15 is 0 Å². The van der Waals surface area contributed by atoms with Crippen molar-refractivity contribution in [2.24, 2.45) is 0 Å². The lowest BCUT2D eigenvalue weighted by Crippen LogP contribution is -2.61. The summed E-state index contributed by atoms with van der Waals surface area (Å²) in [6.07, 6.45) is 0. The maximum Gasteiger partial charge on any atom is 0.257 e. The summed E-state index contributed by atoms with van der Waals surface area (Å²) in [4.78, 5) is 4.81. The number of fused-ring (bicyclic) bond motifs is 8. The van der Waals surface area contributed by atoms with Crippen LogP contribution >= 0.6 is 0 Å². The molecule has 6 aromatic rings. The van der Waals surface area contributed by atoms with Crippen LogP contribution in [0.2, 0.25) is 0 Å². The van der Waals surface area contributed by atoms with Crippen molar-refractivity contribution in [2.75, 3.05) is 23.4 Å². The van der Waals surface area contributed by atoms with Gasteiger partial charge in [0, 0.05) is 39.5 Å². The number of nitrogens with zero attached hydrogens (tertiary/aromatic N) is 2. The molecule has 0 saturated carbocycles. The molecule has 0 spiro atoms. The van der Waals surface area contributed by atoms with E-state index in [0.29, 0.717) is 0 Å². The van der Waals surface area contributed by atoms with Crippen molar-refractivity contribution in [2.45, 2.75) is 80.1 Å². The van der Waals surface area contributed by atoms with Crippen LogP contribution in [0.5, 0.6) is 23.0 Å². The molecule has 8 heteroatoms. The van der Waals surface area contributed by atoms with Crippen molar-refractivity contribution in [1.82, 2.24) is 0 Å². The van der Waals surface area contributed by atoms with Gasteiger partial charge in [-0.1, -0.05) is 65.8 Å². The van der Waals surface area contributed by atoms with Gasteiger partial charge in [-0.15, -0.1) is 0 Å². The molecule has 0 bridgehead atoms. The van der Waals surface area contributed by atoms with Gasteiger partial charge in [-0.05, 0) is 114 Å². The molecule has 10 rings (SSSR count). The average molecular weight is 717 g/mol. The zero-order valence-corrected chi connectivity index (χ0v) is 32.8. The standard InChI is InChI=1S/C46H45BN2O5/c1-24-16-29(46(8,9)10)17-25(2)41(24)48-32-12-11-13-33-40(32)47(31-20-36-37(21-34(31)48)51-22-50-36)39-30-19-28(45(5,6)7)14-15-35(30)54-44(39)49(33)42-26(3)18-38-43(27(42)4)53-23-52-38/h11-21H,22-23H2,1-10H3. The smallest absolute Gasteiger partial charge is 0.257 e. The van der Waals surface area contributed by atoms with Gasteiger partial charge in [0.05, 0.1) is 11.4 Å². The van der Waals surface area contributed by atoms with Crippen molar-refractivity contribution in [3.8, 4) is 23.0 Å². The normalized spacial score (nSPS) is 15.2. The first-order valence-corrected chi connectivity index (χ1v) is 19.0. The van der Waals surface area contributed by atoms with Gasteiger partial charge in [-0.3, -0.25) is 4.90 Å². The highest BCUT2D eigenvalue weighted by Crippen LogP contribution is 2.52. The summed E-state index contributed by atoms with van der Waals surface area (Å²) in [5.41, 5.74) is 16.9. The van der Waals surface area contributed by atoms with Crippen LogP contribution in [0, 0.1) is 27.7 Å². The third-order valence-electron chi connectivity index (χ3n) is 11.8. The molecule has 0 amide bonds. The minimum Gasteiger partial charge on any atom is -0.454 e. The van der Waals surface area contributed by atoms with E-state index in [1.165, 1.54) is 33.4 Å². The molecule has 0 unspecified atom stereocenters. The van der Waals surface area contributed by atoms with Crippen LogP contribution in [0.4, 0.5) is 34.3 Å². The molecule has 0 N–H and O–H groups in total. The quantitative estimate of drug-likeness (QED) is 0.165. The summed E-state index contributed by atoms with van der Waals surface area (Å²) in [6, 6.07) is 24.6. The molecule has 0 fully saturated rings. The number of anilines is 6. The van der Waals surface area contributed by atoms with Crippen LogP contribution < -0.4 is 45.1 Å². The molecule has 0 radical (unpaired) electrons. The van der Waals surface area contributed by atoms with Crippen molar-refractivity contribution in [3.63, 3.8) is 0 Å². The Hall–Kier alpha value is -5.50. The van der Waals surface area contributed by atoms with Crippen LogP contribution in [0.3, 0.4) is 0 Å². The van der Waals surface area contributed by atoms with Gasteiger partial charge in [0.1, 0.15) is 5.58 Å². The van der Waals surface area contributed by atoms with Gasteiger partial charge in [0.25, 0.3) is 6.71 Å². The number of hydrogen-bond acceptors (Lipinski definition) is 7. The molecule has 5 aromatic carbocycles. The molecular weight excluding hydrogens is 671 g/mol.